The van der Waals surface area contributed by atoms with Gasteiger partial charge in [-0.15, -0.1) is 0 Å². The number of hydrogen-bond acceptors (Lipinski definition) is 3. The summed E-state index contributed by atoms with van der Waals surface area (Å²) in [5, 5.41) is 2.72. The van der Waals surface area contributed by atoms with Crippen molar-refractivity contribution in [2.75, 3.05) is 11.9 Å². The number of rotatable bonds is 2. The number of amides is 1. The van der Waals surface area contributed by atoms with E-state index in [1.54, 1.807) is 12.1 Å². The van der Waals surface area contributed by atoms with Gasteiger partial charge in [0.1, 0.15) is 5.75 Å². The maximum absolute atomic E-state index is 12.2. The average Bonchev–Trinajstić information content (AvgIpc) is 3.04. The molecule has 1 aromatic carbocycles. The summed E-state index contributed by atoms with van der Waals surface area (Å²) in [6, 6.07) is 3.44. The number of ether oxygens (including phenoxy) is 1. The first-order valence-corrected chi connectivity index (χ1v) is 6.66. The molecule has 1 aliphatic heterocycles. The lowest BCUT2D eigenvalue weighted by Gasteiger charge is -2.19. The Balaban J connectivity index is 1.96. The van der Waals surface area contributed by atoms with Crippen LogP contribution in [-0.2, 0) is 4.79 Å². The van der Waals surface area contributed by atoms with E-state index in [1.165, 1.54) is 0 Å². The summed E-state index contributed by atoms with van der Waals surface area (Å²) in [6.45, 7) is 2.08. The van der Waals surface area contributed by atoms with Gasteiger partial charge in [0.2, 0.25) is 0 Å². The highest BCUT2D eigenvalue weighted by Gasteiger charge is 2.40. The molecule has 1 heterocycles. The Hall–Kier alpha value is -1.36. The van der Waals surface area contributed by atoms with Gasteiger partial charge in [0, 0.05) is 16.0 Å². The molecule has 1 N–H and O–H groups in total. The Labute approximate surface area is 113 Å². The van der Waals surface area contributed by atoms with Gasteiger partial charge in [0.05, 0.1) is 5.69 Å². The van der Waals surface area contributed by atoms with Gasteiger partial charge in [-0.2, -0.15) is 0 Å². The number of hydrogen-bond donors (Lipinski definition) is 1. The molecule has 0 spiro atoms. The van der Waals surface area contributed by atoms with Crippen LogP contribution in [0.2, 0.25) is 0 Å². The molecule has 1 saturated carbocycles. The van der Waals surface area contributed by atoms with E-state index in [4.69, 9.17) is 4.74 Å². The number of halogens is 1. The van der Waals surface area contributed by atoms with Crippen LogP contribution < -0.4 is 10.1 Å². The lowest BCUT2D eigenvalue weighted by atomic mass is 10.0. The minimum atomic E-state index is -0.177. The molecule has 5 heteroatoms. The fraction of sp³-hybridized carbons (Fsp3) is 0.385. The lowest BCUT2D eigenvalue weighted by molar-refractivity contribution is -0.118. The number of nitrogens with one attached hydrogen (secondary N) is 1. The van der Waals surface area contributed by atoms with E-state index < -0.39 is 0 Å². The van der Waals surface area contributed by atoms with Crippen molar-refractivity contribution in [3.63, 3.8) is 0 Å². The molecule has 2 atom stereocenters. The molecule has 2 unspecified atom stereocenters. The smallest absolute Gasteiger partial charge is 0.262 e. The fourth-order valence-corrected chi connectivity index (χ4v) is 2.71. The van der Waals surface area contributed by atoms with Crippen molar-refractivity contribution in [3.05, 3.63) is 22.2 Å². The molecular formula is C13H12BrNO3. The second-order valence-electron chi connectivity index (χ2n) is 4.85. The minimum absolute atomic E-state index is 0.00208. The third-order valence-electron chi connectivity index (χ3n) is 3.41. The Morgan fingerprint density at radius 3 is 2.89 bits per heavy atom. The fourth-order valence-electron chi connectivity index (χ4n) is 2.18. The summed E-state index contributed by atoms with van der Waals surface area (Å²) < 4.78 is 6.03. The number of benzene rings is 1. The van der Waals surface area contributed by atoms with Gasteiger partial charge < -0.3 is 10.1 Å². The number of carbonyl (C=O) groups excluding carboxylic acids is 2. The van der Waals surface area contributed by atoms with E-state index in [0.29, 0.717) is 27.4 Å². The molecular weight excluding hydrogens is 298 g/mol. The van der Waals surface area contributed by atoms with E-state index in [-0.39, 0.29) is 24.2 Å². The van der Waals surface area contributed by atoms with E-state index in [9.17, 15) is 9.59 Å². The third-order valence-corrected chi connectivity index (χ3v) is 4.07. The molecule has 1 amide bonds. The van der Waals surface area contributed by atoms with Crippen LogP contribution >= 0.6 is 15.9 Å². The predicted octanol–water partition coefficient (Wildman–Crippen LogP) is 2.62. The molecule has 0 saturated heterocycles. The summed E-state index contributed by atoms with van der Waals surface area (Å²) in [4.78, 5) is 23.4. The zero-order valence-corrected chi connectivity index (χ0v) is 11.4. The number of Topliss-reactive ketones (excluding diaryl/α,β-unsaturated/α-hetero) is 1. The molecule has 18 heavy (non-hydrogen) atoms. The van der Waals surface area contributed by atoms with Gasteiger partial charge in [-0.05, 0) is 40.4 Å². The Kier molecular flexibility index (Phi) is 2.66. The van der Waals surface area contributed by atoms with Gasteiger partial charge in [-0.25, -0.2) is 0 Å². The largest absolute Gasteiger partial charge is 0.482 e. The molecule has 1 aromatic rings. The molecule has 0 radical (unpaired) electrons. The summed E-state index contributed by atoms with van der Waals surface area (Å²) in [7, 11) is 0. The van der Waals surface area contributed by atoms with Crippen molar-refractivity contribution in [1.82, 2.24) is 0 Å². The third kappa shape index (κ3) is 1.92. The monoisotopic (exact) mass is 309 g/mol. The first-order chi connectivity index (χ1) is 8.56. The van der Waals surface area contributed by atoms with Crippen molar-refractivity contribution in [2.45, 2.75) is 13.3 Å². The minimum Gasteiger partial charge on any atom is -0.482 e. The standard InChI is InChI=1S/C13H12BrNO3/c1-6-2-7(6)13(17)8-3-11-10(4-9(8)14)15-12(16)5-18-11/h3-4,6-7H,2,5H2,1H3,(H,15,16). The zero-order chi connectivity index (χ0) is 12.9. The van der Waals surface area contributed by atoms with Gasteiger partial charge in [-0.3, -0.25) is 9.59 Å². The number of fused-ring (bicyclic) bond motifs is 1. The maximum Gasteiger partial charge on any atom is 0.262 e. The summed E-state index contributed by atoms with van der Waals surface area (Å²) in [6.07, 6.45) is 0.958. The Morgan fingerprint density at radius 2 is 2.22 bits per heavy atom. The molecule has 0 bridgehead atoms. The highest BCUT2D eigenvalue weighted by molar-refractivity contribution is 9.10. The van der Waals surface area contributed by atoms with Crippen LogP contribution in [-0.4, -0.2) is 18.3 Å². The molecule has 2 aliphatic rings. The van der Waals surface area contributed by atoms with Gasteiger partial charge in [0.25, 0.3) is 5.91 Å². The second-order valence-corrected chi connectivity index (χ2v) is 5.70. The number of anilines is 1. The van der Waals surface area contributed by atoms with Gasteiger partial charge in [-0.1, -0.05) is 6.92 Å². The molecule has 0 aromatic heterocycles. The summed E-state index contributed by atoms with van der Waals surface area (Å²) in [5.74, 6) is 1.15. The molecule has 4 nitrogen and oxygen atoms in total. The van der Waals surface area contributed by atoms with E-state index >= 15 is 0 Å². The van der Waals surface area contributed by atoms with Crippen LogP contribution in [0.4, 0.5) is 5.69 Å². The van der Waals surface area contributed by atoms with Crippen LogP contribution in [0.3, 0.4) is 0 Å². The van der Waals surface area contributed by atoms with E-state index in [0.717, 1.165) is 6.42 Å². The summed E-state index contributed by atoms with van der Waals surface area (Å²) >= 11 is 3.38. The van der Waals surface area contributed by atoms with Crippen LogP contribution in [0.1, 0.15) is 23.7 Å². The summed E-state index contributed by atoms with van der Waals surface area (Å²) in [5.41, 5.74) is 1.25. The molecule has 3 rings (SSSR count). The van der Waals surface area contributed by atoms with Gasteiger partial charge >= 0.3 is 0 Å². The quantitative estimate of drug-likeness (QED) is 0.854. The first-order valence-electron chi connectivity index (χ1n) is 5.86. The van der Waals surface area contributed by atoms with Crippen molar-refractivity contribution in [1.29, 1.82) is 0 Å². The maximum atomic E-state index is 12.2. The molecule has 94 valence electrons. The second kappa shape index (κ2) is 4.09. The van der Waals surface area contributed by atoms with Crippen molar-refractivity contribution < 1.29 is 14.3 Å². The SMILES string of the molecule is CC1CC1C(=O)c1cc2c(cc1Br)NC(=O)CO2. The number of carbonyl (C=O) groups is 2. The predicted molar refractivity (Wildman–Crippen MR) is 69.9 cm³/mol. The lowest BCUT2D eigenvalue weighted by Crippen LogP contribution is -2.25. The highest BCUT2D eigenvalue weighted by Crippen LogP contribution is 2.43. The Bertz CT molecular complexity index is 555. The van der Waals surface area contributed by atoms with E-state index in [2.05, 4.69) is 28.2 Å². The van der Waals surface area contributed by atoms with Crippen LogP contribution in [0.5, 0.6) is 5.75 Å². The van der Waals surface area contributed by atoms with Crippen LogP contribution in [0.15, 0.2) is 16.6 Å². The normalized spacial score (nSPS) is 24.9. The van der Waals surface area contributed by atoms with E-state index in [1.807, 2.05) is 0 Å². The molecule has 1 fully saturated rings. The van der Waals surface area contributed by atoms with Crippen molar-refractivity contribution in [2.24, 2.45) is 11.8 Å². The Morgan fingerprint density at radius 1 is 1.50 bits per heavy atom. The first kappa shape index (κ1) is 11.7. The average molecular weight is 310 g/mol. The topological polar surface area (TPSA) is 55.4 Å². The van der Waals surface area contributed by atoms with Crippen molar-refractivity contribution >= 4 is 33.3 Å². The number of ketones is 1. The van der Waals surface area contributed by atoms with Crippen molar-refractivity contribution in [3.8, 4) is 5.75 Å². The van der Waals surface area contributed by atoms with Crippen LogP contribution in [0.25, 0.3) is 0 Å². The molecule has 1 aliphatic carbocycles. The zero-order valence-electron chi connectivity index (χ0n) is 9.83. The van der Waals surface area contributed by atoms with Crippen LogP contribution in [0, 0.1) is 11.8 Å². The van der Waals surface area contributed by atoms with Gasteiger partial charge in [0.15, 0.2) is 12.4 Å². The highest BCUT2D eigenvalue weighted by atomic mass is 79.9.